The van der Waals surface area contributed by atoms with Gasteiger partial charge in [0.2, 0.25) is 0 Å². The van der Waals surface area contributed by atoms with Crippen molar-refractivity contribution >= 4 is 22.7 Å². The van der Waals surface area contributed by atoms with Gasteiger partial charge in [0.1, 0.15) is 5.56 Å². The molecule has 1 aliphatic heterocycles. The summed E-state index contributed by atoms with van der Waals surface area (Å²) in [7, 11) is 1.47. The van der Waals surface area contributed by atoms with E-state index in [4.69, 9.17) is 0 Å². The highest BCUT2D eigenvalue weighted by Crippen LogP contribution is 2.41. The minimum Gasteiger partial charge on any atom is -0.361 e. The van der Waals surface area contributed by atoms with Gasteiger partial charge >= 0.3 is 0 Å². The molecule has 0 radical (unpaired) electrons. The molecule has 2 aliphatic rings. The number of H-pyrrole nitrogens is 1. The van der Waals surface area contributed by atoms with Crippen LogP contribution in [0, 0.1) is 11.8 Å². The van der Waals surface area contributed by atoms with Crippen LogP contribution in [0.2, 0.25) is 0 Å². The molecule has 4 N–H and O–H groups in total. The van der Waals surface area contributed by atoms with Gasteiger partial charge in [0.25, 0.3) is 17.4 Å². The number of amides is 2. The van der Waals surface area contributed by atoms with Gasteiger partial charge in [-0.15, -0.1) is 0 Å². The number of aromatic amines is 1. The van der Waals surface area contributed by atoms with Gasteiger partial charge in [0, 0.05) is 49.5 Å². The van der Waals surface area contributed by atoms with Crippen molar-refractivity contribution in [2.75, 3.05) is 20.1 Å². The van der Waals surface area contributed by atoms with Crippen LogP contribution in [0.1, 0.15) is 26.3 Å². The molecule has 1 aliphatic carbocycles. The molecule has 5 rings (SSSR count). The molecule has 3 heterocycles. The fraction of sp³-hybridized carbons (Fsp3) is 0.318. The number of rotatable bonds is 5. The zero-order valence-corrected chi connectivity index (χ0v) is 16.6. The van der Waals surface area contributed by atoms with Gasteiger partial charge in [-0.2, -0.15) is 0 Å². The molecule has 2 amide bonds. The molecule has 3 atom stereocenters. The lowest BCUT2D eigenvalue weighted by Crippen LogP contribution is -2.36. The number of piperidine rings is 1. The quantitative estimate of drug-likeness (QED) is 0.501. The van der Waals surface area contributed by atoms with E-state index >= 15 is 0 Å². The van der Waals surface area contributed by atoms with E-state index in [0.29, 0.717) is 17.4 Å². The molecule has 154 valence electrons. The van der Waals surface area contributed by atoms with Gasteiger partial charge < -0.3 is 25.5 Å². The summed E-state index contributed by atoms with van der Waals surface area (Å²) in [5, 5.41) is 9.85. The highest BCUT2D eigenvalue weighted by molar-refractivity contribution is 5.99. The van der Waals surface area contributed by atoms with Gasteiger partial charge in [-0.25, -0.2) is 0 Å². The van der Waals surface area contributed by atoms with E-state index < -0.39 is 11.5 Å². The number of nitrogens with one attached hydrogen (secondary N) is 4. The molecule has 1 aromatic carbocycles. The molecule has 0 spiro atoms. The van der Waals surface area contributed by atoms with Crippen LogP contribution < -0.4 is 21.5 Å². The Labute approximate surface area is 172 Å². The number of benzene rings is 1. The topological polar surface area (TPSA) is 108 Å². The predicted molar refractivity (Wildman–Crippen MR) is 113 cm³/mol. The first kappa shape index (κ1) is 18.6. The molecule has 1 saturated heterocycles. The SMILES string of the molecule is CNC(=O)c1cc(C(=O)N[C@@H]2[C@@H]3CNC[C@@H]32)cn(Cc2cccc3[nH]ccc23)c1=O. The summed E-state index contributed by atoms with van der Waals surface area (Å²) < 4.78 is 1.44. The Morgan fingerprint density at radius 1 is 1.17 bits per heavy atom. The fourth-order valence-electron chi connectivity index (χ4n) is 4.51. The van der Waals surface area contributed by atoms with Crippen molar-refractivity contribution in [3.8, 4) is 0 Å². The van der Waals surface area contributed by atoms with Crippen LogP contribution in [0.5, 0.6) is 0 Å². The average Bonchev–Trinajstić information content (AvgIpc) is 3.14. The maximum atomic E-state index is 13.0. The molecule has 0 unspecified atom stereocenters. The minimum atomic E-state index is -0.504. The Balaban J connectivity index is 1.50. The van der Waals surface area contributed by atoms with Gasteiger partial charge in [-0.3, -0.25) is 14.4 Å². The number of carbonyl (C=O) groups is 2. The Morgan fingerprint density at radius 3 is 2.73 bits per heavy atom. The highest BCUT2D eigenvalue weighted by atomic mass is 16.2. The van der Waals surface area contributed by atoms with E-state index in [0.717, 1.165) is 29.6 Å². The molecular weight excluding hydrogens is 382 g/mol. The van der Waals surface area contributed by atoms with Crippen molar-refractivity contribution in [2.24, 2.45) is 11.8 Å². The van der Waals surface area contributed by atoms with Gasteiger partial charge in [-0.05, 0) is 35.6 Å². The number of nitrogens with zero attached hydrogens (tertiary/aromatic N) is 1. The number of carbonyl (C=O) groups excluding carboxylic acids is 2. The summed E-state index contributed by atoms with van der Waals surface area (Å²) in [6.45, 7) is 2.09. The van der Waals surface area contributed by atoms with Crippen molar-refractivity contribution in [1.29, 1.82) is 0 Å². The Bertz CT molecular complexity index is 1200. The van der Waals surface area contributed by atoms with E-state index in [1.54, 1.807) is 6.20 Å². The number of hydrogen-bond donors (Lipinski definition) is 4. The normalized spacial score (nSPS) is 22.0. The zero-order chi connectivity index (χ0) is 20.8. The Kier molecular flexibility index (Phi) is 4.43. The molecule has 8 heteroatoms. The van der Waals surface area contributed by atoms with Crippen LogP contribution in [-0.4, -0.2) is 47.5 Å². The van der Waals surface area contributed by atoms with Crippen LogP contribution in [0.4, 0.5) is 0 Å². The van der Waals surface area contributed by atoms with Gasteiger partial charge in [-0.1, -0.05) is 12.1 Å². The number of hydrogen-bond acceptors (Lipinski definition) is 4. The van der Waals surface area contributed by atoms with Gasteiger partial charge in [0.05, 0.1) is 12.1 Å². The van der Waals surface area contributed by atoms with Crippen molar-refractivity contribution in [3.05, 3.63) is 69.8 Å². The molecule has 2 fully saturated rings. The first-order valence-electron chi connectivity index (χ1n) is 10.1. The number of pyridine rings is 1. The molecule has 0 bridgehead atoms. The summed E-state index contributed by atoms with van der Waals surface area (Å²) >= 11 is 0. The number of fused-ring (bicyclic) bond motifs is 2. The molecule has 3 aromatic rings. The Morgan fingerprint density at radius 2 is 1.97 bits per heavy atom. The fourth-order valence-corrected chi connectivity index (χ4v) is 4.51. The molecule has 1 saturated carbocycles. The lowest BCUT2D eigenvalue weighted by atomic mass is 10.1. The third kappa shape index (κ3) is 3.09. The van der Waals surface area contributed by atoms with E-state index in [9.17, 15) is 14.4 Å². The number of aromatic nitrogens is 2. The first-order chi connectivity index (χ1) is 14.6. The summed E-state index contributed by atoms with van der Waals surface area (Å²) in [5.74, 6) is 0.192. The Hall–Kier alpha value is -3.39. The zero-order valence-electron chi connectivity index (χ0n) is 16.6. The average molecular weight is 405 g/mol. The molecular formula is C22H23N5O3. The van der Waals surface area contributed by atoms with Gasteiger partial charge in [0.15, 0.2) is 0 Å². The van der Waals surface area contributed by atoms with Crippen LogP contribution in [0.3, 0.4) is 0 Å². The second-order valence-corrected chi connectivity index (χ2v) is 8.00. The smallest absolute Gasteiger partial charge is 0.263 e. The third-order valence-electron chi connectivity index (χ3n) is 6.24. The minimum absolute atomic E-state index is 0.0379. The summed E-state index contributed by atoms with van der Waals surface area (Å²) in [4.78, 5) is 41.3. The first-order valence-corrected chi connectivity index (χ1v) is 10.1. The maximum absolute atomic E-state index is 13.0. The van der Waals surface area contributed by atoms with Crippen molar-refractivity contribution < 1.29 is 9.59 Å². The van der Waals surface area contributed by atoms with Crippen molar-refractivity contribution in [1.82, 2.24) is 25.5 Å². The molecule has 30 heavy (non-hydrogen) atoms. The van der Waals surface area contributed by atoms with E-state index in [2.05, 4.69) is 20.9 Å². The van der Waals surface area contributed by atoms with Crippen LogP contribution in [0.15, 0.2) is 47.5 Å². The summed E-state index contributed by atoms with van der Waals surface area (Å²) in [6, 6.07) is 9.31. The lowest BCUT2D eigenvalue weighted by Gasteiger charge is -2.13. The maximum Gasteiger partial charge on any atom is 0.263 e. The molecule has 2 aromatic heterocycles. The lowest BCUT2D eigenvalue weighted by molar-refractivity contribution is 0.0945. The van der Waals surface area contributed by atoms with E-state index in [1.165, 1.54) is 17.7 Å². The van der Waals surface area contributed by atoms with Crippen molar-refractivity contribution in [2.45, 2.75) is 12.6 Å². The predicted octanol–water partition coefficient (Wildman–Crippen LogP) is 0.685. The highest BCUT2D eigenvalue weighted by Gasteiger charge is 2.53. The van der Waals surface area contributed by atoms with Crippen LogP contribution in [-0.2, 0) is 6.54 Å². The summed E-state index contributed by atoms with van der Waals surface area (Å²) in [6.07, 6.45) is 3.39. The van der Waals surface area contributed by atoms with E-state index in [-0.39, 0.29) is 24.1 Å². The van der Waals surface area contributed by atoms with Crippen LogP contribution in [0.25, 0.3) is 10.9 Å². The second-order valence-electron chi connectivity index (χ2n) is 8.00. The standard InChI is InChI=1S/C22H23N5O3/c1-23-21(29)15-7-13(20(28)26-19-16-8-24-9-17(16)19)11-27(22(15)30)10-12-3-2-4-18-14(12)5-6-25-18/h2-7,11,16-17,19,24-25H,8-10H2,1H3,(H,23,29)(H,26,28)/t16-,17+,19-. The molecule has 8 nitrogen and oxygen atoms in total. The largest absolute Gasteiger partial charge is 0.361 e. The van der Waals surface area contributed by atoms with Crippen LogP contribution >= 0.6 is 0 Å². The summed E-state index contributed by atoms with van der Waals surface area (Å²) in [5.41, 5.74) is 1.75. The monoisotopic (exact) mass is 405 g/mol. The van der Waals surface area contributed by atoms with Crippen molar-refractivity contribution in [3.63, 3.8) is 0 Å². The van der Waals surface area contributed by atoms with E-state index in [1.807, 2.05) is 30.5 Å². The second kappa shape index (κ2) is 7.14. The third-order valence-corrected chi connectivity index (χ3v) is 6.24.